The van der Waals surface area contributed by atoms with Crippen molar-refractivity contribution in [1.29, 1.82) is 0 Å². The number of fused-ring (bicyclic) bond motifs is 1. The van der Waals surface area contributed by atoms with Crippen LogP contribution >= 0.6 is 0 Å². The van der Waals surface area contributed by atoms with Gasteiger partial charge in [-0.2, -0.15) is 0 Å². The van der Waals surface area contributed by atoms with Crippen LogP contribution in [-0.4, -0.2) is 57.4 Å². The van der Waals surface area contributed by atoms with Gasteiger partial charge in [0, 0.05) is 26.2 Å². The van der Waals surface area contributed by atoms with Gasteiger partial charge in [-0.1, -0.05) is 48.5 Å². The van der Waals surface area contributed by atoms with E-state index in [0.717, 1.165) is 49.2 Å². The Kier molecular flexibility index (Phi) is 8.39. The highest BCUT2D eigenvalue weighted by Gasteiger charge is 2.40. The van der Waals surface area contributed by atoms with E-state index in [1.54, 1.807) is 14.2 Å². The van der Waals surface area contributed by atoms with Gasteiger partial charge in [0.25, 0.3) is 0 Å². The van der Waals surface area contributed by atoms with Gasteiger partial charge in [-0.05, 0) is 71.3 Å². The van der Waals surface area contributed by atoms with E-state index in [1.807, 2.05) is 12.1 Å². The summed E-state index contributed by atoms with van der Waals surface area (Å²) in [5, 5.41) is 5.97. The van der Waals surface area contributed by atoms with Crippen LogP contribution in [0.1, 0.15) is 41.9 Å². The molecule has 0 aromatic heterocycles. The Bertz CT molecular complexity index is 1210. The maximum Gasteiger partial charge on any atom is 0.228 e. The molecule has 1 heterocycles. The lowest BCUT2D eigenvalue weighted by atomic mass is 9.79. The first kappa shape index (κ1) is 25.7. The number of nitrogens with zero attached hydrogens (tertiary/aromatic N) is 1. The Hall–Kier alpha value is -2.93. The molecular formula is C31H38N2O4. The summed E-state index contributed by atoms with van der Waals surface area (Å²) >= 11 is 0. The first-order valence-corrected chi connectivity index (χ1v) is 13.4. The molecule has 0 bridgehead atoms. The molecule has 1 aliphatic carbocycles. The maximum absolute atomic E-state index is 14.1. The lowest BCUT2D eigenvalue weighted by Crippen LogP contribution is -2.47. The highest BCUT2D eigenvalue weighted by Crippen LogP contribution is 2.37. The molecule has 1 aliphatic heterocycles. The van der Waals surface area contributed by atoms with E-state index in [0.29, 0.717) is 32.4 Å². The van der Waals surface area contributed by atoms with Gasteiger partial charge in [-0.15, -0.1) is 0 Å². The number of hydrogen-bond donors (Lipinski definition) is 1. The average molecular weight is 503 g/mol. The molecule has 1 saturated carbocycles. The van der Waals surface area contributed by atoms with Crippen molar-refractivity contribution >= 4 is 16.7 Å². The zero-order valence-corrected chi connectivity index (χ0v) is 21.9. The third-order valence-corrected chi connectivity index (χ3v) is 7.59. The molecule has 1 N–H and O–H groups in total. The molecule has 2 atom stereocenters. The molecule has 3 aromatic carbocycles. The number of benzene rings is 3. The van der Waals surface area contributed by atoms with Gasteiger partial charge in [0.05, 0.1) is 32.8 Å². The van der Waals surface area contributed by atoms with E-state index in [2.05, 4.69) is 58.7 Å². The molecule has 5 rings (SSSR count). The van der Waals surface area contributed by atoms with Crippen molar-refractivity contribution in [2.24, 2.45) is 5.92 Å². The lowest BCUT2D eigenvalue weighted by Gasteiger charge is -2.36. The number of nitrogens with one attached hydrogen (secondary N) is 1. The van der Waals surface area contributed by atoms with Crippen LogP contribution in [0.15, 0.2) is 60.7 Å². The minimum Gasteiger partial charge on any atom is -0.497 e. The van der Waals surface area contributed by atoms with Crippen LogP contribution in [0.25, 0.3) is 10.8 Å². The second-order valence-corrected chi connectivity index (χ2v) is 10.2. The first-order chi connectivity index (χ1) is 18.2. The van der Waals surface area contributed by atoms with E-state index in [1.165, 1.54) is 16.3 Å². The highest BCUT2D eigenvalue weighted by molar-refractivity contribution is 5.84. The van der Waals surface area contributed by atoms with E-state index in [9.17, 15) is 4.79 Å². The summed E-state index contributed by atoms with van der Waals surface area (Å²) in [6.45, 7) is 3.84. The summed E-state index contributed by atoms with van der Waals surface area (Å²) in [4.78, 5) is 16.3. The van der Waals surface area contributed by atoms with E-state index >= 15 is 0 Å². The zero-order valence-electron chi connectivity index (χ0n) is 21.9. The Labute approximate surface area is 219 Å². The quantitative estimate of drug-likeness (QED) is 0.378. The van der Waals surface area contributed by atoms with Crippen molar-refractivity contribution in [3.63, 3.8) is 0 Å². The van der Waals surface area contributed by atoms with Crippen molar-refractivity contribution in [2.45, 2.75) is 44.4 Å². The second-order valence-electron chi connectivity index (χ2n) is 10.2. The van der Waals surface area contributed by atoms with Crippen molar-refractivity contribution in [3.05, 3.63) is 77.4 Å². The molecular weight excluding hydrogens is 464 g/mol. The molecule has 0 spiro atoms. The SMILES string of the molecule is COCCOCc1cc(CN(C(=O)[C@H]2CNCC[C@@H]2c2ccc3ccccc3c2)C2CC2)cc(OC)c1. The predicted molar refractivity (Wildman–Crippen MR) is 146 cm³/mol. The summed E-state index contributed by atoms with van der Waals surface area (Å²) < 4.78 is 16.4. The molecule has 0 unspecified atom stereocenters. The summed E-state index contributed by atoms with van der Waals surface area (Å²) in [5.74, 6) is 1.20. The molecule has 2 aliphatic rings. The van der Waals surface area contributed by atoms with E-state index in [-0.39, 0.29) is 17.7 Å². The summed E-state index contributed by atoms with van der Waals surface area (Å²) in [7, 11) is 3.35. The third-order valence-electron chi connectivity index (χ3n) is 7.59. The molecule has 37 heavy (non-hydrogen) atoms. The van der Waals surface area contributed by atoms with Gasteiger partial charge in [-0.25, -0.2) is 0 Å². The van der Waals surface area contributed by atoms with Gasteiger partial charge in [0.15, 0.2) is 0 Å². The van der Waals surface area contributed by atoms with Crippen LogP contribution in [-0.2, 0) is 27.4 Å². The van der Waals surface area contributed by atoms with Crippen LogP contribution in [0, 0.1) is 5.92 Å². The summed E-state index contributed by atoms with van der Waals surface area (Å²) in [6.07, 6.45) is 3.11. The van der Waals surface area contributed by atoms with Crippen LogP contribution < -0.4 is 10.1 Å². The number of methoxy groups -OCH3 is 2. The molecule has 1 saturated heterocycles. The number of carbonyl (C=O) groups excluding carboxylic acids is 1. The first-order valence-electron chi connectivity index (χ1n) is 13.4. The minimum atomic E-state index is -0.0713. The average Bonchev–Trinajstić information content (AvgIpc) is 3.79. The number of rotatable bonds is 11. The van der Waals surface area contributed by atoms with Gasteiger partial charge >= 0.3 is 0 Å². The second kappa shape index (κ2) is 12.1. The van der Waals surface area contributed by atoms with Crippen LogP contribution in [0.2, 0.25) is 0 Å². The standard InChI is InChI=1S/C31H38N2O4/c1-35-13-14-37-21-23-15-22(16-28(17-23)36-2)20-33(27-9-10-27)31(34)30-19-32-12-11-29(30)26-8-7-24-5-3-4-6-25(24)18-26/h3-8,15-18,27,29-30,32H,9-14,19-21H2,1-2H3/t29-,30+/m1/s1. The van der Waals surface area contributed by atoms with E-state index < -0.39 is 0 Å². The van der Waals surface area contributed by atoms with Crippen LogP contribution in [0.4, 0.5) is 0 Å². The largest absolute Gasteiger partial charge is 0.497 e. The Balaban J connectivity index is 1.36. The molecule has 0 radical (unpaired) electrons. The number of carbonyl (C=O) groups is 1. The topological polar surface area (TPSA) is 60.0 Å². The fourth-order valence-corrected chi connectivity index (χ4v) is 5.49. The van der Waals surface area contributed by atoms with Gasteiger partial charge in [0.2, 0.25) is 5.91 Å². The fourth-order valence-electron chi connectivity index (χ4n) is 5.49. The molecule has 196 valence electrons. The van der Waals surface area contributed by atoms with Crippen molar-refractivity contribution < 1.29 is 19.0 Å². The van der Waals surface area contributed by atoms with Crippen molar-refractivity contribution in [1.82, 2.24) is 10.2 Å². The van der Waals surface area contributed by atoms with Gasteiger partial charge in [0.1, 0.15) is 5.75 Å². The number of piperidine rings is 1. The Morgan fingerprint density at radius 2 is 1.76 bits per heavy atom. The molecule has 6 heteroatoms. The van der Waals surface area contributed by atoms with Crippen LogP contribution in [0.5, 0.6) is 5.75 Å². The predicted octanol–water partition coefficient (Wildman–Crippen LogP) is 4.90. The van der Waals surface area contributed by atoms with Crippen molar-refractivity contribution in [3.8, 4) is 5.75 Å². The van der Waals surface area contributed by atoms with Gasteiger partial charge in [-0.3, -0.25) is 4.79 Å². The zero-order chi connectivity index (χ0) is 25.6. The maximum atomic E-state index is 14.1. The molecule has 2 fully saturated rings. The summed E-state index contributed by atoms with van der Waals surface area (Å²) in [6, 6.07) is 21.6. The smallest absolute Gasteiger partial charge is 0.228 e. The summed E-state index contributed by atoms with van der Waals surface area (Å²) in [5.41, 5.74) is 3.39. The normalized spacial score (nSPS) is 19.6. The highest BCUT2D eigenvalue weighted by atomic mass is 16.5. The minimum absolute atomic E-state index is 0.0713. The molecule has 3 aromatic rings. The fraction of sp³-hybridized carbons (Fsp3) is 0.452. The Morgan fingerprint density at radius 1 is 0.946 bits per heavy atom. The number of hydrogen-bond acceptors (Lipinski definition) is 5. The molecule has 6 nitrogen and oxygen atoms in total. The van der Waals surface area contributed by atoms with E-state index in [4.69, 9.17) is 14.2 Å². The lowest BCUT2D eigenvalue weighted by molar-refractivity contribution is -0.138. The van der Waals surface area contributed by atoms with Crippen LogP contribution in [0.3, 0.4) is 0 Å². The van der Waals surface area contributed by atoms with Crippen molar-refractivity contribution in [2.75, 3.05) is 40.5 Å². The monoisotopic (exact) mass is 502 g/mol. The third kappa shape index (κ3) is 6.32. The van der Waals surface area contributed by atoms with Gasteiger partial charge < -0.3 is 24.4 Å². The number of ether oxygens (including phenoxy) is 3. The number of amides is 1. The molecule has 1 amide bonds. The Morgan fingerprint density at radius 3 is 2.54 bits per heavy atom.